The lowest BCUT2D eigenvalue weighted by Crippen LogP contribution is -2.11. The zero-order valence-corrected chi connectivity index (χ0v) is 15.0. The second-order valence-corrected chi connectivity index (χ2v) is 6.02. The van der Waals surface area contributed by atoms with E-state index in [0.717, 1.165) is 28.9 Å². The summed E-state index contributed by atoms with van der Waals surface area (Å²) in [5, 5.41) is 0. The predicted octanol–water partition coefficient (Wildman–Crippen LogP) is 5.67. The highest BCUT2D eigenvalue weighted by Crippen LogP contribution is 2.25. The normalized spacial score (nSPS) is 11.6. The lowest BCUT2D eigenvalue weighted by molar-refractivity contribution is 0.0288. The van der Waals surface area contributed by atoms with E-state index in [1.807, 2.05) is 73.7 Å². The van der Waals surface area contributed by atoms with Crippen molar-refractivity contribution in [3.63, 3.8) is 0 Å². The van der Waals surface area contributed by atoms with Crippen LogP contribution >= 0.6 is 0 Å². The highest BCUT2D eigenvalue weighted by atomic mass is 16.5. The van der Waals surface area contributed by atoms with Gasteiger partial charge in [-0.3, -0.25) is 0 Å². The van der Waals surface area contributed by atoms with Crippen LogP contribution in [0.2, 0.25) is 0 Å². The van der Waals surface area contributed by atoms with Gasteiger partial charge >= 0.3 is 5.97 Å². The molecule has 0 aliphatic heterocycles. The number of carbonyl (C=O) groups is 1. The summed E-state index contributed by atoms with van der Waals surface area (Å²) in [4.78, 5) is 12.5. The molecule has 0 aromatic heterocycles. The van der Waals surface area contributed by atoms with Gasteiger partial charge in [-0.2, -0.15) is 0 Å². The molecule has 132 valence electrons. The third-order valence-corrected chi connectivity index (χ3v) is 4.34. The quantitative estimate of drug-likeness (QED) is 0.539. The van der Waals surface area contributed by atoms with Gasteiger partial charge in [0, 0.05) is 0 Å². The molecule has 3 aromatic carbocycles. The van der Waals surface area contributed by atoms with Gasteiger partial charge in [0.25, 0.3) is 0 Å². The fraction of sp³-hybridized carbons (Fsp3) is 0.174. The highest BCUT2D eigenvalue weighted by molar-refractivity contribution is 5.90. The van der Waals surface area contributed by atoms with Gasteiger partial charge in [0.15, 0.2) is 0 Å². The van der Waals surface area contributed by atoms with Crippen LogP contribution in [-0.4, -0.2) is 13.1 Å². The fourth-order valence-corrected chi connectivity index (χ4v) is 2.83. The fourth-order valence-electron chi connectivity index (χ4n) is 2.83. The van der Waals surface area contributed by atoms with Crippen LogP contribution in [0.4, 0.5) is 0 Å². The predicted molar refractivity (Wildman–Crippen MR) is 103 cm³/mol. The molecule has 0 radical (unpaired) electrons. The van der Waals surface area contributed by atoms with E-state index in [2.05, 4.69) is 0 Å². The molecule has 0 fully saturated rings. The van der Waals surface area contributed by atoms with Gasteiger partial charge in [-0.1, -0.05) is 61.5 Å². The molecule has 0 aliphatic rings. The number of carbonyl (C=O) groups excluding carboxylic acids is 1. The van der Waals surface area contributed by atoms with Crippen molar-refractivity contribution in [3.8, 4) is 16.9 Å². The van der Waals surface area contributed by atoms with E-state index >= 15 is 0 Å². The Morgan fingerprint density at radius 2 is 1.42 bits per heavy atom. The minimum atomic E-state index is -0.304. The summed E-state index contributed by atoms with van der Waals surface area (Å²) in [5.74, 6) is 0.516. The summed E-state index contributed by atoms with van der Waals surface area (Å²) in [6.07, 6.45) is 0.504. The van der Waals surface area contributed by atoms with Crippen molar-refractivity contribution in [2.24, 2.45) is 0 Å². The zero-order valence-electron chi connectivity index (χ0n) is 15.0. The van der Waals surface area contributed by atoms with Crippen LogP contribution in [0.5, 0.6) is 5.75 Å². The molecule has 0 bridgehead atoms. The van der Waals surface area contributed by atoms with Gasteiger partial charge in [-0.05, 0) is 47.4 Å². The van der Waals surface area contributed by atoms with Crippen LogP contribution in [-0.2, 0) is 4.74 Å². The van der Waals surface area contributed by atoms with Crippen LogP contribution in [0.15, 0.2) is 78.9 Å². The summed E-state index contributed by atoms with van der Waals surface area (Å²) < 4.78 is 10.9. The summed E-state index contributed by atoms with van der Waals surface area (Å²) >= 11 is 0. The molecule has 0 heterocycles. The number of methoxy groups -OCH3 is 1. The summed E-state index contributed by atoms with van der Waals surface area (Å²) in [7, 11) is 1.65. The molecule has 0 aliphatic carbocycles. The van der Waals surface area contributed by atoms with Crippen molar-refractivity contribution in [3.05, 3.63) is 90.0 Å². The molecule has 0 unspecified atom stereocenters. The van der Waals surface area contributed by atoms with Crippen molar-refractivity contribution in [2.75, 3.05) is 7.11 Å². The third-order valence-electron chi connectivity index (χ3n) is 4.34. The van der Waals surface area contributed by atoms with Gasteiger partial charge in [0.1, 0.15) is 11.9 Å². The topological polar surface area (TPSA) is 35.5 Å². The van der Waals surface area contributed by atoms with Crippen LogP contribution in [0.3, 0.4) is 0 Å². The largest absolute Gasteiger partial charge is 0.497 e. The smallest absolute Gasteiger partial charge is 0.338 e. The van der Waals surface area contributed by atoms with Crippen LogP contribution in [0.1, 0.15) is 35.4 Å². The summed E-state index contributed by atoms with van der Waals surface area (Å²) in [6, 6.07) is 25.1. The molecule has 3 heteroatoms. The van der Waals surface area contributed by atoms with E-state index < -0.39 is 0 Å². The molecule has 0 saturated heterocycles. The Morgan fingerprint density at radius 1 is 0.846 bits per heavy atom. The SMILES string of the molecule is CC[C@@H](OC(=O)c1ccc(-c2ccc(OC)cc2)cc1)c1ccccc1. The van der Waals surface area contributed by atoms with Crippen LogP contribution < -0.4 is 4.74 Å². The number of rotatable bonds is 6. The second-order valence-electron chi connectivity index (χ2n) is 6.02. The minimum absolute atomic E-state index is 0.232. The van der Waals surface area contributed by atoms with E-state index in [1.165, 1.54) is 0 Å². The molecule has 3 nitrogen and oxygen atoms in total. The van der Waals surface area contributed by atoms with Crippen molar-refractivity contribution >= 4 is 5.97 Å². The molecule has 0 amide bonds. The van der Waals surface area contributed by atoms with Gasteiger partial charge in [0.2, 0.25) is 0 Å². The van der Waals surface area contributed by atoms with Crippen LogP contribution in [0.25, 0.3) is 11.1 Å². The average molecular weight is 346 g/mol. The second kappa shape index (κ2) is 8.34. The Balaban J connectivity index is 1.72. The highest BCUT2D eigenvalue weighted by Gasteiger charge is 2.16. The maximum atomic E-state index is 12.5. The van der Waals surface area contributed by atoms with Gasteiger partial charge in [0.05, 0.1) is 12.7 Å². The van der Waals surface area contributed by atoms with Gasteiger partial charge in [-0.15, -0.1) is 0 Å². The van der Waals surface area contributed by atoms with Gasteiger partial charge in [-0.25, -0.2) is 4.79 Å². The van der Waals surface area contributed by atoms with Crippen molar-refractivity contribution in [1.29, 1.82) is 0 Å². The molecular formula is C23H22O3. The van der Waals surface area contributed by atoms with E-state index in [1.54, 1.807) is 19.2 Å². The number of ether oxygens (including phenoxy) is 2. The minimum Gasteiger partial charge on any atom is -0.497 e. The number of esters is 1. The lowest BCUT2D eigenvalue weighted by Gasteiger charge is -2.16. The number of hydrogen-bond acceptors (Lipinski definition) is 3. The Hall–Kier alpha value is -3.07. The number of hydrogen-bond donors (Lipinski definition) is 0. The van der Waals surface area contributed by atoms with E-state index in [-0.39, 0.29) is 12.1 Å². The third kappa shape index (κ3) is 4.12. The summed E-state index contributed by atoms with van der Waals surface area (Å²) in [6.45, 7) is 2.01. The van der Waals surface area contributed by atoms with Crippen LogP contribution in [0, 0.1) is 0 Å². The summed E-state index contributed by atoms with van der Waals surface area (Å²) in [5.41, 5.74) is 3.68. The Morgan fingerprint density at radius 3 is 1.96 bits per heavy atom. The molecule has 26 heavy (non-hydrogen) atoms. The Bertz CT molecular complexity index is 837. The Labute approximate surface area is 154 Å². The molecule has 0 spiro atoms. The monoisotopic (exact) mass is 346 g/mol. The first-order valence-electron chi connectivity index (χ1n) is 8.71. The van der Waals surface area contributed by atoms with Crippen molar-refractivity contribution in [2.45, 2.75) is 19.4 Å². The molecular weight excluding hydrogens is 324 g/mol. The Kier molecular flexibility index (Phi) is 5.69. The van der Waals surface area contributed by atoms with Crippen molar-refractivity contribution in [1.82, 2.24) is 0 Å². The average Bonchev–Trinajstić information content (AvgIpc) is 2.72. The molecule has 3 rings (SSSR count). The van der Waals surface area contributed by atoms with E-state index in [0.29, 0.717) is 5.56 Å². The first-order chi connectivity index (χ1) is 12.7. The standard InChI is InChI=1S/C23H22O3/c1-3-22(19-7-5-4-6-8-19)26-23(24)20-11-9-17(10-12-20)18-13-15-21(25-2)16-14-18/h4-16,22H,3H2,1-2H3/t22-/m1/s1. The maximum absolute atomic E-state index is 12.5. The van der Waals surface area contributed by atoms with Gasteiger partial charge < -0.3 is 9.47 Å². The lowest BCUT2D eigenvalue weighted by atomic mass is 10.0. The molecule has 1 atom stereocenters. The molecule has 0 saturated carbocycles. The first kappa shape index (κ1) is 17.7. The molecule has 3 aromatic rings. The first-order valence-corrected chi connectivity index (χ1v) is 8.71. The van der Waals surface area contributed by atoms with Crippen molar-refractivity contribution < 1.29 is 14.3 Å². The molecule has 0 N–H and O–H groups in total. The number of benzene rings is 3. The van der Waals surface area contributed by atoms with E-state index in [9.17, 15) is 4.79 Å². The zero-order chi connectivity index (χ0) is 18.4. The van der Waals surface area contributed by atoms with E-state index in [4.69, 9.17) is 9.47 Å². The maximum Gasteiger partial charge on any atom is 0.338 e.